The highest BCUT2D eigenvalue weighted by atomic mass is 79.9. The summed E-state index contributed by atoms with van der Waals surface area (Å²) in [6.45, 7) is 0.377. The quantitative estimate of drug-likeness (QED) is 0.841. The molecule has 0 amide bonds. The third-order valence-corrected chi connectivity index (χ3v) is 3.62. The predicted octanol–water partition coefficient (Wildman–Crippen LogP) is 4.07. The summed E-state index contributed by atoms with van der Waals surface area (Å²) < 4.78 is 27.8. The number of hydrogen-bond donors (Lipinski definition) is 1. The van der Waals surface area contributed by atoms with Crippen molar-refractivity contribution in [2.45, 2.75) is 6.54 Å². The summed E-state index contributed by atoms with van der Waals surface area (Å²) in [6.07, 6.45) is 0. The molecule has 0 spiro atoms. The molecule has 1 aliphatic rings. The lowest BCUT2D eigenvalue weighted by molar-refractivity contribution is 0.625. The van der Waals surface area contributed by atoms with E-state index < -0.39 is 5.82 Å². The number of nitrogens with zero attached hydrogens (tertiary/aromatic N) is 1. The number of benzene rings is 2. The van der Waals surface area contributed by atoms with E-state index in [0.717, 1.165) is 10.0 Å². The summed E-state index contributed by atoms with van der Waals surface area (Å²) in [6, 6.07) is 8.86. The number of nitrogens with one attached hydrogen (secondary N) is 1. The van der Waals surface area contributed by atoms with Crippen molar-refractivity contribution in [3.8, 4) is 0 Å². The lowest BCUT2D eigenvalue weighted by atomic mass is 10.1. The van der Waals surface area contributed by atoms with Gasteiger partial charge in [0.25, 0.3) is 0 Å². The van der Waals surface area contributed by atoms with Crippen LogP contribution in [-0.2, 0) is 6.54 Å². The van der Waals surface area contributed by atoms with Gasteiger partial charge in [-0.1, -0.05) is 22.0 Å². The van der Waals surface area contributed by atoms with Gasteiger partial charge in [0.2, 0.25) is 0 Å². The number of amidine groups is 1. The van der Waals surface area contributed by atoms with Crippen molar-refractivity contribution in [1.29, 1.82) is 5.41 Å². The van der Waals surface area contributed by atoms with Crippen LogP contribution in [0.1, 0.15) is 11.1 Å². The third kappa shape index (κ3) is 2.04. The first-order valence-electron chi connectivity index (χ1n) is 5.66. The summed E-state index contributed by atoms with van der Waals surface area (Å²) in [5.41, 5.74) is 1.65. The van der Waals surface area contributed by atoms with E-state index >= 15 is 0 Å². The molecule has 1 heterocycles. The van der Waals surface area contributed by atoms with E-state index in [1.165, 1.54) is 23.1 Å². The van der Waals surface area contributed by atoms with E-state index in [0.29, 0.717) is 17.8 Å². The van der Waals surface area contributed by atoms with E-state index in [9.17, 15) is 8.78 Å². The van der Waals surface area contributed by atoms with Crippen molar-refractivity contribution < 1.29 is 8.78 Å². The number of hydrogen-bond acceptors (Lipinski definition) is 1. The van der Waals surface area contributed by atoms with Gasteiger partial charge in [0.05, 0.1) is 12.2 Å². The molecule has 2 aromatic carbocycles. The highest BCUT2D eigenvalue weighted by molar-refractivity contribution is 9.10. The Labute approximate surface area is 117 Å². The number of rotatable bonds is 1. The van der Waals surface area contributed by atoms with Crippen molar-refractivity contribution in [2.75, 3.05) is 4.90 Å². The Morgan fingerprint density at radius 3 is 2.68 bits per heavy atom. The maximum absolute atomic E-state index is 13.9. The van der Waals surface area contributed by atoms with Crippen LogP contribution in [0.15, 0.2) is 40.9 Å². The third-order valence-electron chi connectivity index (χ3n) is 3.12. The fraction of sp³-hybridized carbons (Fsp3) is 0.0714. The molecule has 0 aliphatic carbocycles. The molecule has 5 heteroatoms. The molecular weight excluding hydrogens is 314 g/mol. The maximum Gasteiger partial charge on any atom is 0.146 e. The Kier molecular flexibility index (Phi) is 2.86. The number of halogens is 3. The molecule has 2 aromatic rings. The van der Waals surface area contributed by atoms with Gasteiger partial charge in [0.15, 0.2) is 0 Å². The van der Waals surface area contributed by atoms with Gasteiger partial charge < -0.3 is 4.90 Å². The molecule has 0 unspecified atom stereocenters. The molecule has 0 saturated carbocycles. The average molecular weight is 323 g/mol. The predicted molar refractivity (Wildman–Crippen MR) is 73.5 cm³/mol. The van der Waals surface area contributed by atoms with Gasteiger partial charge in [0, 0.05) is 10.0 Å². The van der Waals surface area contributed by atoms with Gasteiger partial charge in [-0.05, 0) is 35.9 Å². The molecule has 0 radical (unpaired) electrons. The second kappa shape index (κ2) is 4.42. The van der Waals surface area contributed by atoms with Gasteiger partial charge >= 0.3 is 0 Å². The minimum Gasteiger partial charge on any atom is -0.319 e. The average Bonchev–Trinajstić information content (AvgIpc) is 2.70. The summed E-state index contributed by atoms with van der Waals surface area (Å²) in [7, 11) is 0. The maximum atomic E-state index is 13.9. The van der Waals surface area contributed by atoms with E-state index in [1.807, 2.05) is 0 Å². The summed E-state index contributed by atoms with van der Waals surface area (Å²) >= 11 is 3.29. The molecule has 0 atom stereocenters. The zero-order chi connectivity index (χ0) is 13.6. The van der Waals surface area contributed by atoms with Crippen LogP contribution >= 0.6 is 15.9 Å². The normalized spacial score (nSPS) is 13.8. The number of anilines is 1. The Bertz CT molecular complexity index is 685. The monoisotopic (exact) mass is 322 g/mol. The molecule has 3 rings (SSSR count). The van der Waals surface area contributed by atoms with Crippen molar-refractivity contribution in [3.63, 3.8) is 0 Å². The van der Waals surface area contributed by atoms with Crippen LogP contribution in [0.25, 0.3) is 0 Å². The Balaban J connectivity index is 2.06. The first-order chi connectivity index (χ1) is 9.06. The van der Waals surface area contributed by atoms with Crippen LogP contribution < -0.4 is 4.90 Å². The smallest absolute Gasteiger partial charge is 0.146 e. The van der Waals surface area contributed by atoms with Crippen molar-refractivity contribution in [3.05, 3.63) is 63.6 Å². The van der Waals surface area contributed by atoms with Crippen LogP contribution in [0.3, 0.4) is 0 Å². The minimum absolute atomic E-state index is 0.117. The zero-order valence-corrected chi connectivity index (χ0v) is 11.3. The molecule has 1 aliphatic heterocycles. The second-order valence-corrected chi connectivity index (χ2v) is 5.25. The van der Waals surface area contributed by atoms with E-state index in [1.54, 1.807) is 18.2 Å². The fourth-order valence-corrected chi connectivity index (χ4v) is 2.55. The molecule has 1 N–H and O–H groups in total. The largest absolute Gasteiger partial charge is 0.319 e. The molecule has 0 bridgehead atoms. The van der Waals surface area contributed by atoms with Crippen molar-refractivity contribution in [2.24, 2.45) is 0 Å². The highest BCUT2D eigenvalue weighted by Crippen LogP contribution is 2.32. The lowest BCUT2D eigenvalue weighted by Crippen LogP contribution is -2.24. The summed E-state index contributed by atoms with van der Waals surface area (Å²) in [5, 5.41) is 8.07. The Morgan fingerprint density at radius 2 is 1.89 bits per heavy atom. The number of fused-ring (bicyclic) bond motifs is 1. The molecule has 0 saturated heterocycles. The standard InChI is InChI=1S/C14H9BrF2N2/c15-9-2-4-12(17)13(5-9)19-7-8-1-3-10(16)6-11(8)14(19)18/h1-6,18H,7H2. The van der Waals surface area contributed by atoms with Crippen LogP contribution in [0.5, 0.6) is 0 Å². The van der Waals surface area contributed by atoms with Gasteiger partial charge in [-0.25, -0.2) is 8.78 Å². The van der Waals surface area contributed by atoms with E-state index in [-0.39, 0.29) is 11.7 Å². The van der Waals surface area contributed by atoms with E-state index in [2.05, 4.69) is 15.9 Å². The topological polar surface area (TPSA) is 27.1 Å². The molecule has 2 nitrogen and oxygen atoms in total. The van der Waals surface area contributed by atoms with Gasteiger partial charge in [-0.3, -0.25) is 5.41 Å². The van der Waals surface area contributed by atoms with Gasteiger partial charge in [-0.2, -0.15) is 0 Å². The highest BCUT2D eigenvalue weighted by Gasteiger charge is 2.27. The molecule has 0 aromatic heterocycles. The van der Waals surface area contributed by atoms with Crippen LogP contribution in [0.4, 0.5) is 14.5 Å². The van der Waals surface area contributed by atoms with Crippen LogP contribution in [-0.4, -0.2) is 5.84 Å². The van der Waals surface area contributed by atoms with E-state index in [4.69, 9.17) is 5.41 Å². The Morgan fingerprint density at radius 1 is 1.11 bits per heavy atom. The Hall–Kier alpha value is -1.75. The molecule has 96 valence electrons. The molecule has 0 fully saturated rings. The first-order valence-corrected chi connectivity index (χ1v) is 6.45. The fourth-order valence-electron chi connectivity index (χ4n) is 2.20. The first kappa shape index (κ1) is 12.3. The second-order valence-electron chi connectivity index (χ2n) is 4.33. The van der Waals surface area contributed by atoms with Crippen molar-refractivity contribution in [1.82, 2.24) is 0 Å². The van der Waals surface area contributed by atoms with Crippen LogP contribution in [0, 0.1) is 17.0 Å². The van der Waals surface area contributed by atoms with Gasteiger partial charge in [-0.15, -0.1) is 0 Å². The molecular formula is C14H9BrF2N2. The summed E-state index contributed by atoms with van der Waals surface area (Å²) in [4.78, 5) is 1.53. The molecule has 19 heavy (non-hydrogen) atoms. The summed E-state index contributed by atoms with van der Waals surface area (Å²) in [5.74, 6) is -0.673. The SMILES string of the molecule is N=C1c2cc(F)ccc2CN1c1cc(Br)ccc1F. The lowest BCUT2D eigenvalue weighted by Gasteiger charge is -2.19. The van der Waals surface area contributed by atoms with Gasteiger partial charge in [0.1, 0.15) is 17.5 Å². The minimum atomic E-state index is -0.402. The van der Waals surface area contributed by atoms with Crippen LogP contribution in [0.2, 0.25) is 0 Å². The van der Waals surface area contributed by atoms with Crippen molar-refractivity contribution >= 4 is 27.5 Å². The zero-order valence-electron chi connectivity index (χ0n) is 9.75.